The molecule has 5 heteroatoms. The maximum Gasteiger partial charge on any atom is 0.191 e. The summed E-state index contributed by atoms with van der Waals surface area (Å²) in [6, 6.07) is 4.95. The van der Waals surface area contributed by atoms with Crippen molar-refractivity contribution in [1.29, 1.82) is 0 Å². The van der Waals surface area contributed by atoms with Crippen LogP contribution in [0.25, 0.3) is 0 Å². The normalized spacial score (nSPS) is 10.8. The molecule has 0 aliphatic heterocycles. The number of halogens is 1. The fourth-order valence-electron chi connectivity index (χ4n) is 1.58. The van der Waals surface area contributed by atoms with E-state index in [4.69, 9.17) is 25.8 Å². The summed E-state index contributed by atoms with van der Waals surface area (Å²) in [7, 11) is 0. The highest BCUT2D eigenvalue weighted by atomic mass is 35.5. The second-order valence-corrected chi connectivity index (χ2v) is 4.28. The molecule has 0 heterocycles. The Kier molecular flexibility index (Phi) is 6.84. The number of carbonyl (C=O) groups excluding carboxylic acids is 1. The first-order valence-corrected chi connectivity index (χ1v) is 6.62. The summed E-state index contributed by atoms with van der Waals surface area (Å²) in [5, 5.41) is 0.503. The number of benzene rings is 1. The van der Waals surface area contributed by atoms with Crippen LogP contribution in [0, 0.1) is 0 Å². The van der Waals surface area contributed by atoms with Crippen molar-refractivity contribution in [2.75, 3.05) is 19.8 Å². The Morgan fingerprint density at radius 3 is 2.42 bits per heavy atom. The first-order chi connectivity index (χ1) is 9.08. The van der Waals surface area contributed by atoms with Gasteiger partial charge in [0.15, 0.2) is 12.1 Å². The van der Waals surface area contributed by atoms with E-state index < -0.39 is 6.29 Å². The van der Waals surface area contributed by atoms with E-state index in [-0.39, 0.29) is 12.4 Å². The minimum Gasteiger partial charge on any atom is -0.488 e. The molecule has 0 atom stereocenters. The molecule has 0 unspecified atom stereocenters. The van der Waals surface area contributed by atoms with Gasteiger partial charge in [0, 0.05) is 18.2 Å². The number of ether oxygens (including phenoxy) is 3. The number of rotatable bonds is 8. The third kappa shape index (κ3) is 5.19. The lowest BCUT2D eigenvalue weighted by Crippen LogP contribution is -2.25. The van der Waals surface area contributed by atoms with Crippen LogP contribution in [-0.4, -0.2) is 31.9 Å². The van der Waals surface area contributed by atoms with Gasteiger partial charge >= 0.3 is 0 Å². The molecule has 19 heavy (non-hydrogen) atoms. The Bertz CT molecular complexity index is 414. The van der Waals surface area contributed by atoms with Crippen LogP contribution in [0.4, 0.5) is 0 Å². The minimum absolute atomic E-state index is 0.0955. The van der Waals surface area contributed by atoms with Crippen LogP contribution in [0.1, 0.15) is 31.1 Å². The van der Waals surface area contributed by atoms with E-state index in [2.05, 4.69) is 0 Å². The monoisotopic (exact) mass is 286 g/mol. The van der Waals surface area contributed by atoms with Crippen LogP contribution in [-0.2, 0) is 9.47 Å². The Labute approximate surface area is 118 Å². The van der Waals surface area contributed by atoms with E-state index in [1.54, 1.807) is 18.2 Å². The molecule has 0 amide bonds. The molecule has 4 nitrogen and oxygen atoms in total. The zero-order valence-corrected chi connectivity index (χ0v) is 12.2. The van der Waals surface area contributed by atoms with Gasteiger partial charge in [-0.05, 0) is 39.0 Å². The molecule has 1 aromatic rings. The van der Waals surface area contributed by atoms with Crippen LogP contribution in [0.3, 0.4) is 0 Å². The Morgan fingerprint density at radius 1 is 1.26 bits per heavy atom. The van der Waals surface area contributed by atoms with Gasteiger partial charge in [-0.1, -0.05) is 11.6 Å². The van der Waals surface area contributed by atoms with Crippen molar-refractivity contribution in [1.82, 2.24) is 0 Å². The quantitative estimate of drug-likeness (QED) is 0.543. The molecule has 0 saturated heterocycles. The molecule has 1 rings (SSSR count). The molecular formula is C14H19ClO4. The summed E-state index contributed by atoms with van der Waals surface area (Å²) in [5.41, 5.74) is 0.458. The fraction of sp³-hybridized carbons (Fsp3) is 0.500. The summed E-state index contributed by atoms with van der Waals surface area (Å²) in [5.74, 6) is 0.392. The van der Waals surface area contributed by atoms with E-state index >= 15 is 0 Å². The van der Waals surface area contributed by atoms with Crippen molar-refractivity contribution in [2.45, 2.75) is 27.1 Å². The Balaban J connectivity index is 2.73. The zero-order chi connectivity index (χ0) is 14.3. The van der Waals surface area contributed by atoms with Gasteiger partial charge in [0.05, 0.1) is 5.56 Å². The highest BCUT2D eigenvalue weighted by Gasteiger charge is 2.13. The second-order valence-electron chi connectivity index (χ2n) is 3.85. The first kappa shape index (κ1) is 16.0. The van der Waals surface area contributed by atoms with E-state index in [9.17, 15) is 4.79 Å². The molecule has 0 fully saturated rings. The van der Waals surface area contributed by atoms with Gasteiger partial charge in [-0.25, -0.2) is 0 Å². The highest BCUT2D eigenvalue weighted by Crippen LogP contribution is 2.23. The molecule has 106 valence electrons. The lowest BCUT2D eigenvalue weighted by atomic mass is 10.1. The molecule has 1 aromatic carbocycles. The number of hydrogen-bond donors (Lipinski definition) is 0. The van der Waals surface area contributed by atoms with Gasteiger partial charge in [-0.3, -0.25) is 4.79 Å². The molecule has 0 spiro atoms. The highest BCUT2D eigenvalue weighted by molar-refractivity contribution is 6.31. The number of ketones is 1. The van der Waals surface area contributed by atoms with Crippen LogP contribution < -0.4 is 4.74 Å². The van der Waals surface area contributed by atoms with Gasteiger partial charge in [0.1, 0.15) is 12.4 Å². The molecule has 0 aliphatic carbocycles. The molecule has 0 radical (unpaired) electrons. The van der Waals surface area contributed by atoms with Crippen molar-refractivity contribution >= 4 is 17.4 Å². The number of Topliss-reactive ketones (excluding diaryl/α,β-unsaturated/α-hetero) is 1. The maximum atomic E-state index is 11.5. The molecule has 0 N–H and O–H groups in total. The van der Waals surface area contributed by atoms with Crippen molar-refractivity contribution in [3.63, 3.8) is 0 Å². The van der Waals surface area contributed by atoms with Crippen LogP contribution in [0.5, 0.6) is 5.75 Å². The molecule has 0 bridgehead atoms. The predicted molar refractivity (Wildman–Crippen MR) is 74.0 cm³/mol. The zero-order valence-electron chi connectivity index (χ0n) is 11.4. The average molecular weight is 287 g/mol. The van der Waals surface area contributed by atoms with Crippen molar-refractivity contribution in [3.8, 4) is 5.75 Å². The third-order valence-corrected chi connectivity index (χ3v) is 2.64. The Hall–Kier alpha value is -1.10. The van der Waals surface area contributed by atoms with Gasteiger partial charge < -0.3 is 14.2 Å². The largest absolute Gasteiger partial charge is 0.488 e. The summed E-state index contributed by atoms with van der Waals surface area (Å²) >= 11 is 5.87. The van der Waals surface area contributed by atoms with Gasteiger partial charge in [-0.15, -0.1) is 0 Å². The molecule has 0 aliphatic rings. The standard InChI is InChI=1S/C14H19ClO4/c1-4-17-14(18-5-2)9-19-13-7-6-11(15)8-12(13)10(3)16/h6-8,14H,4-5,9H2,1-3H3. The summed E-state index contributed by atoms with van der Waals surface area (Å²) < 4.78 is 16.3. The lowest BCUT2D eigenvalue weighted by Gasteiger charge is -2.18. The Morgan fingerprint density at radius 2 is 1.89 bits per heavy atom. The third-order valence-electron chi connectivity index (χ3n) is 2.40. The second kappa shape index (κ2) is 8.15. The van der Waals surface area contributed by atoms with Crippen LogP contribution >= 0.6 is 11.6 Å². The number of hydrogen-bond acceptors (Lipinski definition) is 4. The van der Waals surface area contributed by atoms with Crippen LogP contribution in [0.2, 0.25) is 5.02 Å². The van der Waals surface area contributed by atoms with E-state index in [0.29, 0.717) is 29.5 Å². The van der Waals surface area contributed by atoms with E-state index in [1.807, 2.05) is 13.8 Å². The fourth-order valence-corrected chi connectivity index (χ4v) is 1.75. The first-order valence-electron chi connectivity index (χ1n) is 6.25. The van der Waals surface area contributed by atoms with E-state index in [0.717, 1.165) is 0 Å². The summed E-state index contributed by atoms with van der Waals surface area (Å²) in [4.78, 5) is 11.5. The smallest absolute Gasteiger partial charge is 0.191 e. The molecular weight excluding hydrogens is 268 g/mol. The van der Waals surface area contributed by atoms with Gasteiger partial charge in [-0.2, -0.15) is 0 Å². The topological polar surface area (TPSA) is 44.8 Å². The SMILES string of the molecule is CCOC(COc1ccc(Cl)cc1C(C)=O)OCC. The maximum absolute atomic E-state index is 11.5. The summed E-state index contributed by atoms with van der Waals surface area (Å²) in [6.45, 7) is 6.54. The predicted octanol–water partition coefficient (Wildman–Crippen LogP) is 3.32. The van der Waals surface area contributed by atoms with E-state index in [1.165, 1.54) is 6.92 Å². The van der Waals surface area contributed by atoms with Gasteiger partial charge in [0.2, 0.25) is 0 Å². The molecule has 0 aromatic heterocycles. The summed E-state index contributed by atoms with van der Waals surface area (Å²) in [6.07, 6.45) is -0.439. The number of carbonyl (C=O) groups is 1. The van der Waals surface area contributed by atoms with Crippen molar-refractivity contribution in [2.24, 2.45) is 0 Å². The minimum atomic E-state index is -0.439. The van der Waals surface area contributed by atoms with Crippen molar-refractivity contribution in [3.05, 3.63) is 28.8 Å². The van der Waals surface area contributed by atoms with Crippen molar-refractivity contribution < 1.29 is 19.0 Å². The lowest BCUT2D eigenvalue weighted by molar-refractivity contribution is -0.152. The average Bonchev–Trinajstić information content (AvgIpc) is 2.37. The molecule has 0 saturated carbocycles. The van der Waals surface area contributed by atoms with Crippen LogP contribution in [0.15, 0.2) is 18.2 Å². The van der Waals surface area contributed by atoms with Gasteiger partial charge in [0.25, 0.3) is 0 Å².